The van der Waals surface area contributed by atoms with E-state index in [1.165, 1.54) is 5.75 Å². The summed E-state index contributed by atoms with van der Waals surface area (Å²) in [7, 11) is 2.14. The summed E-state index contributed by atoms with van der Waals surface area (Å²) in [5.74, 6) is 5.83. The molecule has 1 saturated heterocycles. The number of hydrogen-bond donors (Lipinski definition) is 1. The van der Waals surface area contributed by atoms with Crippen molar-refractivity contribution in [3.05, 3.63) is 17.1 Å². The Morgan fingerprint density at radius 1 is 1.29 bits per heavy atom. The lowest BCUT2D eigenvalue weighted by Crippen LogP contribution is -2.34. The van der Waals surface area contributed by atoms with Gasteiger partial charge in [-0.25, -0.2) is 9.97 Å². The molecule has 2 N–H and O–H groups in total. The predicted octanol–water partition coefficient (Wildman–Crippen LogP) is 1.53. The molecule has 6 heteroatoms. The fourth-order valence-electron chi connectivity index (χ4n) is 2.20. The molecule has 1 atom stereocenters. The van der Waals surface area contributed by atoms with Gasteiger partial charge in [-0.1, -0.05) is 0 Å². The summed E-state index contributed by atoms with van der Waals surface area (Å²) in [6.07, 6.45) is 0. The van der Waals surface area contributed by atoms with Gasteiger partial charge in [0, 0.05) is 35.1 Å². The van der Waals surface area contributed by atoms with Crippen LogP contribution in [0.3, 0.4) is 0 Å². The average Bonchev–Trinajstić information content (AvgIpc) is 2.78. The monoisotopic (exact) mass is 268 g/mol. The van der Waals surface area contributed by atoms with E-state index in [0.29, 0.717) is 11.9 Å². The van der Waals surface area contributed by atoms with Crippen molar-refractivity contribution < 1.29 is 0 Å². The zero-order valence-corrected chi connectivity index (χ0v) is 11.5. The number of anilines is 1. The van der Waals surface area contributed by atoms with Gasteiger partial charge in [0.1, 0.15) is 11.6 Å². The van der Waals surface area contributed by atoms with Crippen LogP contribution in [0.1, 0.15) is 23.1 Å². The molecule has 0 aromatic carbocycles. The van der Waals surface area contributed by atoms with Crippen molar-refractivity contribution >= 4 is 29.3 Å². The highest BCUT2D eigenvalue weighted by molar-refractivity contribution is 7.99. The molecule has 0 saturated carbocycles. The Labute approximate surface area is 110 Å². The first kappa shape index (κ1) is 11.6. The summed E-state index contributed by atoms with van der Waals surface area (Å²) in [5, 5.41) is 0. The van der Waals surface area contributed by atoms with Crippen LogP contribution >= 0.6 is 23.5 Å². The van der Waals surface area contributed by atoms with Crippen LogP contribution < -0.4 is 5.73 Å². The minimum absolute atomic E-state index is 0.326. The molecule has 2 aliphatic heterocycles. The fourth-order valence-corrected chi connectivity index (χ4v) is 4.47. The Morgan fingerprint density at radius 2 is 2.18 bits per heavy atom. The van der Waals surface area contributed by atoms with Gasteiger partial charge >= 0.3 is 0 Å². The highest BCUT2D eigenvalue weighted by Gasteiger charge is 2.26. The van der Waals surface area contributed by atoms with E-state index in [-0.39, 0.29) is 0 Å². The molecule has 1 aromatic heterocycles. The summed E-state index contributed by atoms with van der Waals surface area (Å²) in [6.45, 7) is 1.10. The molecule has 3 rings (SSSR count). The number of rotatable bonds is 1. The van der Waals surface area contributed by atoms with E-state index in [0.717, 1.165) is 40.9 Å². The summed E-state index contributed by atoms with van der Waals surface area (Å²) in [4.78, 5) is 11.6. The van der Waals surface area contributed by atoms with Gasteiger partial charge in [0.2, 0.25) is 0 Å². The Hall–Kier alpha value is -0.460. The van der Waals surface area contributed by atoms with Gasteiger partial charge in [-0.15, -0.1) is 0 Å². The molecule has 0 radical (unpaired) electrons. The first-order valence-corrected chi connectivity index (χ1v) is 8.07. The molecule has 17 heavy (non-hydrogen) atoms. The van der Waals surface area contributed by atoms with Gasteiger partial charge in [0.25, 0.3) is 0 Å². The first-order valence-electron chi connectivity index (χ1n) is 5.76. The smallest absolute Gasteiger partial charge is 0.148 e. The Balaban J connectivity index is 1.95. The highest BCUT2D eigenvalue weighted by Crippen LogP contribution is 2.34. The topological polar surface area (TPSA) is 55.0 Å². The van der Waals surface area contributed by atoms with Gasteiger partial charge in [-0.2, -0.15) is 23.5 Å². The molecule has 1 fully saturated rings. The average molecular weight is 268 g/mol. The van der Waals surface area contributed by atoms with Crippen LogP contribution in [0.25, 0.3) is 0 Å². The second-order valence-electron chi connectivity index (χ2n) is 4.46. The van der Waals surface area contributed by atoms with E-state index in [4.69, 9.17) is 10.7 Å². The van der Waals surface area contributed by atoms with E-state index in [2.05, 4.69) is 16.9 Å². The molecule has 0 spiro atoms. The zero-order valence-electron chi connectivity index (χ0n) is 9.85. The largest absolute Gasteiger partial charge is 0.383 e. The third kappa shape index (κ3) is 2.13. The Bertz CT molecular complexity index is 438. The summed E-state index contributed by atoms with van der Waals surface area (Å²) in [6, 6.07) is 0.326. The van der Waals surface area contributed by atoms with Crippen molar-refractivity contribution in [3.63, 3.8) is 0 Å². The Kier molecular flexibility index (Phi) is 3.19. The molecule has 3 heterocycles. The third-order valence-corrected chi connectivity index (χ3v) is 5.31. The van der Waals surface area contributed by atoms with Crippen LogP contribution in [0.5, 0.6) is 0 Å². The van der Waals surface area contributed by atoms with E-state index >= 15 is 0 Å². The zero-order chi connectivity index (χ0) is 11.8. The van der Waals surface area contributed by atoms with Crippen molar-refractivity contribution in [2.45, 2.75) is 17.5 Å². The summed E-state index contributed by atoms with van der Waals surface area (Å²) >= 11 is 3.84. The van der Waals surface area contributed by atoms with Gasteiger partial charge < -0.3 is 5.73 Å². The van der Waals surface area contributed by atoms with Gasteiger partial charge in [0.15, 0.2) is 0 Å². The van der Waals surface area contributed by atoms with Crippen LogP contribution in [-0.2, 0) is 11.5 Å². The number of nitrogen functional groups attached to an aromatic ring is 1. The summed E-state index contributed by atoms with van der Waals surface area (Å²) in [5.41, 5.74) is 8.35. The van der Waals surface area contributed by atoms with Crippen molar-refractivity contribution in [3.8, 4) is 0 Å². The molecule has 1 unspecified atom stereocenters. The van der Waals surface area contributed by atoms with E-state index in [1.807, 2.05) is 23.5 Å². The van der Waals surface area contributed by atoms with E-state index < -0.39 is 0 Å². The van der Waals surface area contributed by atoms with E-state index in [9.17, 15) is 0 Å². The second-order valence-corrected chi connectivity index (χ2v) is 6.59. The first-order chi connectivity index (χ1) is 8.25. The molecule has 0 aliphatic carbocycles. The minimum Gasteiger partial charge on any atom is -0.383 e. The van der Waals surface area contributed by atoms with Crippen LogP contribution in [-0.4, -0.2) is 40.0 Å². The van der Waals surface area contributed by atoms with Crippen molar-refractivity contribution in [1.29, 1.82) is 0 Å². The molecule has 0 bridgehead atoms. The lowest BCUT2D eigenvalue weighted by molar-refractivity contribution is 0.264. The second kappa shape index (κ2) is 4.66. The van der Waals surface area contributed by atoms with Gasteiger partial charge in [-0.05, 0) is 7.05 Å². The quantitative estimate of drug-likeness (QED) is 0.833. The lowest BCUT2D eigenvalue weighted by atomic mass is 10.2. The number of nitrogens with two attached hydrogens (primary N) is 1. The van der Waals surface area contributed by atoms with Crippen molar-refractivity contribution in [2.75, 3.05) is 30.8 Å². The SMILES string of the molecule is CN1CCSCC1c1nc(N)c2c(n1)CSC2. The number of hydrogen-bond acceptors (Lipinski definition) is 6. The molecule has 0 amide bonds. The van der Waals surface area contributed by atoms with Crippen LogP contribution in [0.4, 0.5) is 5.82 Å². The molecule has 1 aromatic rings. The minimum atomic E-state index is 0.326. The highest BCUT2D eigenvalue weighted by atomic mass is 32.2. The number of aromatic nitrogens is 2. The van der Waals surface area contributed by atoms with Crippen molar-refractivity contribution in [1.82, 2.24) is 14.9 Å². The predicted molar refractivity (Wildman–Crippen MR) is 74.1 cm³/mol. The number of thioether (sulfide) groups is 2. The maximum atomic E-state index is 6.04. The third-order valence-electron chi connectivity index (χ3n) is 3.32. The maximum absolute atomic E-state index is 6.04. The van der Waals surface area contributed by atoms with Crippen molar-refractivity contribution in [2.24, 2.45) is 0 Å². The van der Waals surface area contributed by atoms with Crippen LogP contribution in [0.2, 0.25) is 0 Å². The Morgan fingerprint density at radius 3 is 3.00 bits per heavy atom. The molecular weight excluding hydrogens is 252 g/mol. The maximum Gasteiger partial charge on any atom is 0.148 e. The van der Waals surface area contributed by atoms with E-state index in [1.54, 1.807) is 0 Å². The molecule has 92 valence electrons. The number of nitrogens with zero attached hydrogens (tertiary/aromatic N) is 3. The fraction of sp³-hybridized carbons (Fsp3) is 0.636. The summed E-state index contributed by atoms with van der Waals surface area (Å²) < 4.78 is 0. The molecular formula is C11H16N4S2. The standard InChI is InChI=1S/C11H16N4S2/c1-15-2-3-16-6-9(15)11-13-8-5-17-4-7(8)10(12)14-11/h9H,2-6H2,1H3,(H2,12,13,14). The van der Waals surface area contributed by atoms with Gasteiger partial charge in [0.05, 0.1) is 11.7 Å². The van der Waals surface area contributed by atoms with Crippen LogP contribution in [0.15, 0.2) is 0 Å². The lowest BCUT2D eigenvalue weighted by Gasteiger charge is -2.31. The van der Waals surface area contributed by atoms with Crippen LogP contribution in [0, 0.1) is 0 Å². The van der Waals surface area contributed by atoms with Gasteiger partial charge in [-0.3, -0.25) is 4.90 Å². The normalized spacial score (nSPS) is 24.9. The molecule has 2 aliphatic rings. The molecule has 4 nitrogen and oxygen atoms in total. The number of fused-ring (bicyclic) bond motifs is 1.